The normalized spacial score (nSPS) is 10.8. The molecule has 3 rings (SSSR count). The zero-order valence-electron chi connectivity index (χ0n) is 8.53. The Hall–Kier alpha value is -1.67. The lowest BCUT2D eigenvalue weighted by Crippen LogP contribution is -1.84. The Kier molecular flexibility index (Phi) is 2.88. The number of thiophene rings is 1. The summed E-state index contributed by atoms with van der Waals surface area (Å²) in [5.74, 6) is 1.81. The minimum atomic E-state index is 0.563. The van der Waals surface area contributed by atoms with Crippen molar-refractivity contribution in [3.63, 3.8) is 0 Å². The summed E-state index contributed by atoms with van der Waals surface area (Å²) in [4.78, 5) is 9.28. The second kappa shape index (κ2) is 4.68. The van der Waals surface area contributed by atoms with Gasteiger partial charge in [-0.3, -0.25) is 5.10 Å². The average Bonchev–Trinajstić information content (AvgIpc) is 3.09. The van der Waals surface area contributed by atoms with E-state index in [2.05, 4.69) is 25.3 Å². The third kappa shape index (κ3) is 2.37. The topological polar surface area (TPSA) is 80.5 Å². The van der Waals surface area contributed by atoms with Crippen molar-refractivity contribution in [2.45, 2.75) is 10.9 Å². The molecule has 0 spiro atoms. The van der Waals surface area contributed by atoms with Crippen molar-refractivity contribution in [2.75, 3.05) is 0 Å². The van der Waals surface area contributed by atoms with Crippen LogP contribution in [0.3, 0.4) is 0 Å². The standard InChI is InChI=1S/C9H7N5OS2/c1-2-6(16-3-1)8-12-7(14-15-8)4-17-9-10-5-11-13-9/h1-3,5H,4H2,(H,10,11,13). The van der Waals surface area contributed by atoms with Crippen LogP contribution < -0.4 is 0 Å². The zero-order chi connectivity index (χ0) is 11.5. The molecule has 0 amide bonds. The number of thioether (sulfide) groups is 1. The molecule has 8 heteroatoms. The van der Waals surface area contributed by atoms with E-state index in [-0.39, 0.29) is 0 Å². The highest BCUT2D eigenvalue weighted by atomic mass is 32.2. The minimum absolute atomic E-state index is 0.563. The Labute approximate surface area is 104 Å². The summed E-state index contributed by atoms with van der Waals surface area (Å²) in [5.41, 5.74) is 0. The smallest absolute Gasteiger partial charge is 0.268 e. The number of aromatic amines is 1. The fraction of sp³-hybridized carbons (Fsp3) is 0.111. The maximum Gasteiger partial charge on any atom is 0.268 e. The fourth-order valence-corrected chi connectivity index (χ4v) is 2.48. The number of nitrogens with zero attached hydrogens (tertiary/aromatic N) is 4. The fourth-order valence-electron chi connectivity index (χ4n) is 1.21. The maximum atomic E-state index is 5.17. The Morgan fingerprint density at radius 2 is 2.47 bits per heavy atom. The monoisotopic (exact) mass is 265 g/mol. The number of aromatic nitrogens is 5. The Balaban J connectivity index is 1.69. The molecule has 0 aliphatic rings. The molecule has 1 N–H and O–H groups in total. The van der Waals surface area contributed by atoms with Crippen molar-refractivity contribution in [1.82, 2.24) is 25.3 Å². The van der Waals surface area contributed by atoms with E-state index >= 15 is 0 Å². The molecular weight excluding hydrogens is 258 g/mol. The van der Waals surface area contributed by atoms with Gasteiger partial charge in [0.25, 0.3) is 5.89 Å². The van der Waals surface area contributed by atoms with Gasteiger partial charge in [0, 0.05) is 0 Å². The molecule has 86 valence electrons. The number of hydrogen-bond acceptors (Lipinski definition) is 7. The van der Waals surface area contributed by atoms with Gasteiger partial charge in [0.1, 0.15) is 6.33 Å². The highest BCUT2D eigenvalue weighted by Crippen LogP contribution is 2.24. The van der Waals surface area contributed by atoms with Crippen molar-refractivity contribution in [3.05, 3.63) is 29.7 Å². The van der Waals surface area contributed by atoms with E-state index in [0.717, 1.165) is 10.0 Å². The maximum absolute atomic E-state index is 5.17. The predicted molar refractivity (Wildman–Crippen MR) is 63.6 cm³/mol. The van der Waals surface area contributed by atoms with E-state index in [1.165, 1.54) is 18.1 Å². The van der Waals surface area contributed by atoms with Gasteiger partial charge in [-0.25, -0.2) is 4.98 Å². The van der Waals surface area contributed by atoms with Crippen LogP contribution in [0.15, 0.2) is 33.5 Å². The number of rotatable bonds is 4. The van der Waals surface area contributed by atoms with Gasteiger partial charge in [0.05, 0.1) is 10.6 Å². The Morgan fingerprint density at radius 1 is 1.47 bits per heavy atom. The lowest BCUT2D eigenvalue weighted by Gasteiger charge is -1.89. The molecule has 0 aliphatic carbocycles. The average molecular weight is 265 g/mol. The molecule has 3 aromatic rings. The summed E-state index contributed by atoms with van der Waals surface area (Å²) >= 11 is 3.05. The van der Waals surface area contributed by atoms with Gasteiger partial charge in [-0.2, -0.15) is 10.1 Å². The van der Waals surface area contributed by atoms with E-state index in [0.29, 0.717) is 17.5 Å². The second-order valence-electron chi connectivity index (χ2n) is 3.07. The summed E-state index contributed by atoms with van der Waals surface area (Å²) in [6, 6.07) is 3.90. The van der Waals surface area contributed by atoms with Crippen LogP contribution in [0.25, 0.3) is 10.8 Å². The van der Waals surface area contributed by atoms with E-state index in [1.54, 1.807) is 11.3 Å². The first-order valence-electron chi connectivity index (χ1n) is 4.76. The van der Waals surface area contributed by atoms with Crippen LogP contribution in [-0.2, 0) is 5.75 Å². The van der Waals surface area contributed by atoms with Crippen molar-refractivity contribution in [1.29, 1.82) is 0 Å². The largest absolute Gasteiger partial charge is 0.333 e. The quantitative estimate of drug-likeness (QED) is 0.728. The van der Waals surface area contributed by atoms with Gasteiger partial charge in [-0.15, -0.1) is 11.3 Å². The third-order valence-electron chi connectivity index (χ3n) is 1.93. The molecule has 3 aromatic heterocycles. The second-order valence-corrected chi connectivity index (χ2v) is 4.98. The molecule has 17 heavy (non-hydrogen) atoms. The lowest BCUT2D eigenvalue weighted by atomic mass is 10.5. The highest BCUT2D eigenvalue weighted by molar-refractivity contribution is 7.98. The molecule has 6 nitrogen and oxygen atoms in total. The molecule has 0 atom stereocenters. The molecule has 0 saturated heterocycles. The molecule has 0 bridgehead atoms. The van der Waals surface area contributed by atoms with Gasteiger partial charge >= 0.3 is 0 Å². The van der Waals surface area contributed by atoms with Gasteiger partial charge in [-0.1, -0.05) is 23.0 Å². The number of H-pyrrole nitrogens is 1. The van der Waals surface area contributed by atoms with Crippen molar-refractivity contribution in [2.24, 2.45) is 0 Å². The number of nitrogens with one attached hydrogen (secondary N) is 1. The first-order valence-corrected chi connectivity index (χ1v) is 6.63. The van der Waals surface area contributed by atoms with Crippen LogP contribution in [0, 0.1) is 0 Å². The summed E-state index contributed by atoms with van der Waals surface area (Å²) < 4.78 is 5.17. The van der Waals surface area contributed by atoms with Gasteiger partial charge in [-0.05, 0) is 11.4 Å². The van der Waals surface area contributed by atoms with Crippen LogP contribution in [0.1, 0.15) is 5.82 Å². The van der Waals surface area contributed by atoms with Gasteiger partial charge in [0.2, 0.25) is 0 Å². The SMILES string of the molecule is c1csc(-c2nc(CSc3ncn[nH]3)no2)c1. The summed E-state index contributed by atoms with van der Waals surface area (Å²) in [5, 5.41) is 13.1. The molecule has 0 aliphatic heterocycles. The minimum Gasteiger partial charge on any atom is -0.333 e. The van der Waals surface area contributed by atoms with Gasteiger partial charge in [0.15, 0.2) is 11.0 Å². The van der Waals surface area contributed by atoms with E-state index in [1.807, 2.05) is 17.5 Å². The van der Waals surface area contributed by atoms with Gasteiger partial charge < -0.3 is 4.52 Å². The molecule has 0 unspecified atom stereocenters. The zero-order valence-corrected chi connectivity index (χ0v) is 10.2. The van der Waals surface area contributed by atoms with Crippen LogP contribution >= 0.6 is 23.1 Å². The van der Waals surface area contributed by atoms with Crippen molar-refractivity contribution in [3.8, 4) is 10.8 Å². The molecular formula is C9H7N5OS2. The van der Waals surface area contributed by atoms with Crippen molar-refractivity contribution < 1.29 is 4.52 Å². The third-order valence-corrected chi connectivity index (χ3v) is 3.66. The molecule has 0 radical (unpaired) electrons. The molecule has 3 heterocycles. The Bertz CT molecular complexity index is 574. The van der Waals surface area contributed by atoms with E-state index < -0.39 is 0 Å². The summed E-state index contributed by atoms with van der Waals surface area (Å²) in [7, 11) is 0. The Morgan fingerprint density at radius 3 is 3.24 bits per heavy atom. The van der Waals surface area contributed by atoms with E-state index in [9.17, 15) is 0 Å². The molecule has 0 fully saturated rings. The molecule has 0 aromatic carbocycles. The van der Waals surface area contributed by atoms with Crippen LogP contribution in [0.5, 0.6) is 0 Å². The van der Waals surface area contributed by atoms with Crippen molar-refractivity contribution >= 4 is 23.1 Å². The lowest BCUT2D eigenvalue weighted by molar-refractivity contribution is 0.426. The van der Waals surface area contributed by atoms with Crippen LogP contribution in [0.2, 0.25) is 0 Å². The highest BCUT2D eigenvalue weighted by Gasteiger charge is 2.10. The predicted octanol–water partition coefficient (Wildman–Crippen LogP) is 2.21. The van der Waals surface area contributed by atoms with Crippen LogP contribution in [0.4, 0.5) is 0 Å². The summed E-state index contributed by atoms with van der Waals surface area (Å²) in [6.45, 7) is 0. The first-order chi connectivity index (χ1) is 8.42. The number of hydrogen-bond donors (Lipinski definition) is 1. The first kappa shape index (κ1) is 10.5. The summed E-state index contributed by atoms with van der Waals surface area (Å²) in [6.07, 6.45) is 1.47. The molecule has 0 saturated carbocycles. The van der Waals surface area contributed by atoms with Crippen LogP contribution in [-0.4, -0.2) is 25.3 Å². The van der Waals surface area contributed by atoms with E-state index in [4.69, 9.17) is 4.52 Å².